The molecule has 35 heavy (non-hydrogen) atoms. The Kier molecular flexibility index (Phi) is 7.07. The molecule has 10 heteroatoms. The number of nitrogens with zero attached hydrogens (tertiary/aromatic N) is 3. The number of ether oxygens (including phenoxy) is 3. The van der Waals surface area contributed by atoms with E-state index in [1.54, 1.807) is 45.6 Å². The molecule has 0 aliphatic carbocycles. The van der Waals surface area contributed by atoms with Gasteiger partial charge in [-0.25, -0.2) is 9.99 Å². The fourth-order valence-electron chi connectivity index (χ4n) is 4.02. The summed E-state index contributed by atoms with van der Waals surface area (Å²) in [4.78, 5) is 28.6. The van der Waals surface area contributed by atoms with Gasteiger partial charge in [-0.05, 0) is 36.4 Å². The molecule has 0 saturated heterocycles. The molecule has 0 fully saturated rings. The lowest BCUT2D eigenvalue weighted by Crippen LogP contribution is -2.27. The van der Waals surface area contributed by atoms with Gasteiger partial charge in [-0.1, -0.05) is 11.6 Å². The highest BCUT2D eigenvalue weighted by molar-refractivity contribution is 6.30. The van der Waals surface area contributed by atoms with Crippen molar-refractivity contribution in [1.29, 1.82) is 0 Å². The first-order chi connectivity index (χ1) is 16.8. The molecule has 0 bridgehead atoms. The third-order valence-corrected chi connectivity index (χ3v) is 6.10. The number of hydrogen-bond donors (Lipinski definition) is 1. The third kappa shape index (κ3) is 5.00. The predicted octanol–water partition coefficient (Wildman–Crippen LogP) is 4.46. The van der Waals surface area contributed by atoms with Gasteiger partial charge in [-0.15, -0.1) is 0 Å². The van der Waals surface area contributed by atoms with Gasteiger partial charge in [0.05, 0.1) is 45.0 Å². The van der Waals surface area contributed by atoms with Crippen LogP contribution in [0.15, 0.2) is 47.6 Å². The van der Waals surface area contributed by atoms with Crippen LogP contribution in [-0.4, -0.2) is 54.0 Å². The Morgan fingerprint density at radius 3 is 2.43 bits per heavy atom. The predicted molar refractivity (Wildman–Crippen MR) is 130 cm³/mol. The van der Waals surface area contributed by atoms with Gasteiger partial charge in [0.15, 0.2) is 0 Å². The average molecular weight is 498 g/mol. The van der Waals surface area contributed by atoms with Crippen molar-refractivity contribution in [1.82, 2.24) is 9.99 Å². The molecular formula is C25H24ClN3O6. The largest absolute Gasteiger partial charge is 0.497 e. The lowest BCUT2D eigenvalue weighted by atomic mass is 9.97. The number of benzene rings is 2. The van der Waals surface area contributed by atoms with Crippen molar-refractivity contribution in [2.75, 3.05) is 21.3 Å². The maximum absolute atomic E-state index is 13.1. The van der Waals surface area contributed by atoms with E-state index in [1.165, 1.54) is 5.01 Å². The summed E-state index contributed by atoms with van der Waals surface area (Å²) in [5.41, 5.74) is 2.57. The number of halogens is 1. The number of methoxy groups -OCH3 is 3. The van der Waals surface area contributed by atoms with Gasteiger partial charge in [-0.3, -0.25) is 9.59 Å². The maximum Gasteiger partial charge on any atom is 0.303 e. The van der Waals surface area contributed by atoms with Gasteiger partial charge < -0.3 is 19.3 Å². The first kappa shape index (κ1) is 24.3. The second-order valence-corrected chi connectivity index (χ2v) is 8.25. The number of aliphatic carboxylic acids is 1. The smallest absolute Gasteiger partial charge is 0.303 e. The zero-order valence-electron chi connectivity index (χ0n) is 19.4. The molecule has 1 atom stereocenters. The fraction of sp³-hybridized carbons (Fsp3) is 0.280. The average Bonchev–Trinajstić information content (AvgIpc) is 3.31. The van der Waals surface area contributed by atoms with Gasteiger partial charge in [0.1, 0.15) is 22.4 Å². The van der Waals surface area contributed by atoms with E-state index in [9.17, 15) is 9.59 Å². The summed E-state index contributed by atoms with van der Waals surface area (Å²) in [6, 6.07) is 12.0. The first-order valence-corrected chi connectivity index (χ1v) is 11.2. The normalized spacial score (nSPS) is 15.1. The number of fused-ring (bicyclic) bond motifs is 1. The quantitative estimate of drug-likeness (QED) is 0.457. The van der Waals surface area contributed by atoms with Crippen LogP contribution in [0.4, 0.5) is 0 Å². The second-order valence-electron chi connectivity index (χ2n) is 7.89. The molecule has 4 rings (SSSR count). The van der Waals surface area contributed by atoms with E-state index >= 15 is 0 Å². The number of carboxylic acids is 1. The van der Waals surface area contributed by atoms with Crippen molar-refractivity contribution in [3.05, 3.63) is 58.7 Å². The highest BCUT2D eigenvalue weighted by Crippen LogP contribution is 2.39. The van der Waals surface area contributed by atoms with Crippen LogP contribution in [0.25, 0.3) is 10.9 Å². The van der Waals surface area contributed by atoms with Crippen LogP contribution in [0.5, 0.6) is 17.2 Å². The molecule has 0 radical (unpaired) electrons. The topological polar surface area (TPSA) is 111 Å². The van der Waals surface area contributed by atoms with Gasteiger partial charge >= 0.3 is 5.97 Å². The lowest BCUT2D eigenvalue weighted by molar-refractivity contribution is -0.141. The van der Waals surface area contributed by atoms with Crippen LogP contribution in [0.1, 0.15) is 36.4 Å². The van der Waals surface area contributed by atoms with Crippen molar-refractivity contribution in [2.24, 2.45) is 5.10 Å². The minimum Gasteiger partial charge on any atom is -0.497 e. The molecule has 1 aliphatic heterocycles. The molecule has 2 aromatic carbocycles. The molecule has 0 saturated carbocycles. The van der Waals surface area contributed by atoms with Gasteiger partial charge in [0, 0.05) is 35.4 Å². The molecule has 1 aromatic heterocycles. The second kappa shape index (κ2) is 10.2. The standard InChI is InChI=1S/C25H24ClN3O6/c1-33-15-5-7-19-14(10-15)11-18(25(26)27-19)21-13-20(28-29(21)23(30)8-9-24(31)32)17-6-4-16(34-2)12-22(17)35-3/h4-7,10-12,21H,8-9,13H2,1-3H3,(H,31,32)/t21-/m0/s1. The number of carboxylic acid groups (broad SMARTS) is 1. The van der Waals surface area contributed by atoms with Gasteiger partial charge in [0.2, 0.25) is 5.91 Å². The molecule has 0 spiro atoms. The van der Waals surface area contributed by atoms with Crippen LogP contribution in [0, 0.1) is 0 Å². The van der Waals surface area contributed by atoms with Gasteiger partial charge in [-0.2, -0.15) is 5.10 Å². The number of pyridine rings is 1. The summed E-state index contributed by atoms with van der Waals surface area (Å²) in [7, 11) is 4.68. The fourth-order valence-corrected chi connectivity index (χ4v) is 4.29. The summed E-state index contributed by atoms with van der Waals surface area (Å²) < 4.78 is 16.1. The van der Waals surface area contributed by atoms with E-state index in [2.05, 4.69) is 10.1 Å². The first-order valence-electron chi connectivity index (χ1n) is 10.8. The van der Waals surface area contributed by atoms with Gasteiger partial charge in [0.25, 0.3) is 0 Å². The van der Waals surface area contributed by atoms with Crippen LogP contribution in [0.2, 0.25) is 5.15 Å². The SMILES string of the molecule is COc1ccc(C2=NN(C(=O)CCC(=O)O)[C@H](c3cc4cc(OC)ccc4nc3Cl)C2)c(OC)c1. The Morgan fingerprint density at radius 2 is 1.74 bits per heavy atom. The Labute approximate surface area is 206 Å². The summed E-state index contributed by atoms with van der Waals surface area (Å²) in [5.74, 6) is 0.322. The Morgan fingerprint density at radius 1 is 1.03 bits per heavy atom. The van der Waals surface area contributed by atoms with E-state index < -0.39 is 17.9 Å². The number of hydrogen-bond acceptors (Lipinski definition) is 7. The molecule has 3 aromatic rings. The Balaban J connectivity index is 1.78. The zero-order chi connectivity index (χ0) is 25.1. The molecule has 9 nitrogen and oxygen atoms in total. The Bertz CT molecular complexity index is 1330. The van der Waals surface area contributed by atoms with Crippen molar-refractivity contribution in [3.8, 4) is 17.2 Å². The summed E-state index contributed by atoms with van der Waals surface area (Å²) in [6.45, 7) is 0. The highest BCUT2D eigenvalue weighted by Gasteiger charge is 2.35. The van der Waals surface area contributed by atoms with Crippen molar-refractivity contribution in [3.63, 3.8) is 0 Å². The summed E-state index contributed by atoms with van der Waals surface area (Å²) in [5, 5.41) is 16.0. The summed E-state index contributed by atoms with van der Waals surface area (Å²) in [6.07, 6.45) is -0.174. The lowest BCUT2D eigenvalue weighted by Gasteiger charge is -2.23. The van der Waals surface area contributed by atoms with E-state index in [0.29, 0.717) is 46.0 Å². The summed E-state index contributed by atoms with van der Waals surface area (Å²) >= 11 is 6.58. The molecule has 0 unspecified atom stereocenters. The van der Waals surface area contributed by atoms with E-state index in [-0.39, 0.29) is 18.0 Å². The molecule has 1 N–H and O–H groups in total. The molecule has 1 amide bonds. The third-order valence-electron chi connectivity index (χ3n) is 5.80. The maximum atomic E-state index is 13.1. The van der Waals surface area contributed by atoms with Crippen molar-refractivity contribution < 1.29 is 28.9 Å². The zero-order valence-corrected chi connectivity index (χ0v) is 20.2. The minimum atomic E-state index is -1.06. The number of hydrazone groups is 1. The number of aromatic nitrogens is 1. The molecule has 182 valence electrons. The van der Waals surface area contributed by atoms with Crippen molar-refractivity contribution in [2.45, 2.75) is 25.3 Å². The molecule has 1 aliphatic rings. The van der Waals surface area contributed by atoms with Crippen molar-refractivity contribution >= 4 is 40.1 Å². The monoisotopic (exact) mass is 497 g/mol. The number of carbonyl (C=O) groups excluding carboxylic acids is 1. The van der Waals surface area contributed by atoms with Crippen LogP contribution in [0.3, 0.4) is 0 Å². The minimum absolute atomic E-state index is 0.200. The number of rotatable bonds is 8. The van der Waals surface area contributed by atoms with Crippen LogP contribution < -0.4 is 14.2 Å². The number of amides is 1. The van der Waals surface area contributed by atoms with Crippen LogP contribution >= 0.6 is 11.6 Å². The molecule has 2 heterocycles. The van der Waals surface area contributed by atoms with Crippen LogP contribution in [-0.2, 0) is 9.59 Å². The van der Waals surface area contributed by atoms with E-state index in [1.807, 2.05) is 18.2 Å². The molecular weight excluding hydrogens is 474 g/mol. The van der Waals surface area contributed by atoms with E-state index in [4.69, 9.17) is 30.9 Å². The van der Waals surface area contributed by atoms with E-state index in [0.717, 1.165) is 5.39 Å². The number of carbonyl (C=O) groups is 2. The Hall–Kier alpha value is -3.85. The highest BCUT2D eigenvalue weighted by atomic mass is 35.5.